The van der Waals surface area contributed by atoms with E-state index in [0.717, 1.165) is 29.8 Å². The van der Waals surface area contributed by atoms with Gasteiger partial charge in [-0.25, -0.2) is 13.4 Å². The Bertz CT molecular complexity index is 737. The van der Waals surface area contributed by atoms with E-state index in [1.165, 1.54) is 6.26 Å². The largest absolute Gasteiger partial charge is 0.490 e. The highest BCUT2D eigenvalue weighted by Crippen LogP contribution is 2.24. The van der Waals surface area contributed by atoms with Crippen molar-refractivity contribution in [2.24, 2.45) is 10.9 Å². The monoisotopic (exact) mass is 539 g/mol. The first-order chi connectivity index (χ1) is 13.1. The van der Waals surface area contributed by atoms with Gasteiger partial charge in [-0.1, -0.05) is 26.0 Å². The summed E-state index contributed by atoms with van der Waals surface area (Å²) in [7, 11) is -2.94. The molecule has 0 spiro atoms. The number of nitrogens with one attached hydrogen (secondary N) is 2. The summed E-state index contributed by atoms with van der Waals surface area (Å²) in [5, 5.41) is 6.39. The van der Waals surface area contributed by atoms with Crippen molar-refractivity contribution in [3.05, 3.63) is 29.3 Å². The van der Waals surface area contributed by atoms with Gasteiger partial charge in [0.2, 0.25) is 0 Å². The van der Waals surface area contributed by atoms with Gasteiger partial charge in [-0.2, -0.15) is 0 Å². The average molecular weight is 540 g/mol. The molecular weight excluding hydrogens is 501 g/mol. The van der Waals surface area contributed by atoms with Gasteiger partial charge in [-0.3, -0.25) is 0 Å². The Morgan fingerprint density at radius 3 is 2.48 bits per heavy atom. The molecule has 8 heteroatoms. The highest BCUT2D eigenvalue weighted by atomic mass is 127. The van der Waals surface area contributed by atoms with Crippen molar-refractivity contribution in [1.82, 2.24) is 10.6 Å². The van der Waals surface area contributed by atoms with Crippen LogP contribution in [0.4, 0.5) is 0 Å². The molecule has 168 valence electrons. The SMILES string of the molecule is CCNC(=NCc1ccc(C)cc1OC(C)CC(C)C)NCCCS(C)(=O)=O.I. The number of guanidine groups is 1. The summed E-state index contributed by atoms with van der Waals surface area (Å²) in [5.41, 5.74) is 2.19. The summed E-state index contributed by atoms with van der Waals surface area (Å²) in [5.74, 6) is 2.31. The molecule has 0 radical (unpaired) electrons. The van der Waals surface area contributed by atoms with Crippen molar-refractivity contribution in [3.8, 4) is 5.75 Å². The van der Waals surface area contributed by atoms with Gasteiger partial charge in [0, 0.05) is 24.9 Å². The highest BCUT2D eigenvalue weighted by Gasteiger charge is 2.11. The zero-order valence-corrected chi connectivity index (χ0v) is 21.8. The standard InChI is InChI=1S/C21H37N3O3S.HI/c1-7-22-21(23-11-8-12-28(6,25)26)24-15-19-10-9-17(4)14-20(19)27-18(5)13-16(2)3;/h9-10,14,16,18H,7-8,11-13,15H2,1-6H3,(H2,22,23,24);1H. The highest BCUT2D eigenvalue weighted by molar-refractivity contribution is 14.0. The predicted octanol–water partition coefficient (Wildman–Crippen LogP) is 3.92. The zero-order chi connectivity index (χ0) is 21.2. The molecule has 0 saturated carbocycles. The van der Waals surface area contributed by atoms with E-state index in [2.05, 4.69) is 61.5 Å². The summed E-state index contributed by atoms with van der Waals surface area (Å²) in [6.45, 7) is 12.3. The van der Waals surface area contributed by atoms with Crippen LogP contribution in [0.25, 0.3) is 0 Å². The first-order valence-corrected chi connectivity index (χ1v) is 12.1. The van der Waals surface area contributed by atoms with E-state index in [4.69, 9.17) is 4.74 Å². The Morgan fingerprint density at radius 1 is 1.21 bits per heavy atom. The second-order valence-corrected chi connectivity index (χ2v) is 10.0. The molecule has 6 nitrogen and oxygen atoms in total. The molecule has 0 aliphatic rings. The molecular formula is C21H38IN3O3S. The van der Waals surface area contributed by atoms with E-state index in [1.54, 1.807) is 0 Å². The molecule has 1 atom stereocenters. The molecule has 29 heavy (non-hydrogen) atoms. The summed E-state index contributed by atoms with van der Waals surface area (Å²) in [4.78, 5) is 4.64. The van der Waals surface area contributed by atoms with Crippen molar-refractivity contribution in [2.45, 2.75) is 60.1 Å². The predicted molar refractivity (Wildman–Crippen MR) is 133 cm³/mol. The second kappa shape index (κ2) is 14.1. The molecule has 1 aromatic rings. The van der Waals surface area contributed by atoms with Crippen molar-refractivity contribution >= 4 is 39.8 Å². The zero-order valence-electron chi connectivity index (χ0n) is 18.6. The van der Waals surface area contributed by atoms with E-state index >= 15 is 0 Å². The molecule has 0 saturated heterocycles. The van der Waals surface area contributed by atoms with Crippen LogP contribution in [0.2, 0.25) is 0 Å². The van der Waals surface area contributed by atoms with Crippen LogP contribution in [-0.2, 0) is 16.4 Å². The van der Waals surface area contributed by atoms with E-state index in [-0.39, 0.29) is 35.8 Å². The second-order valence-electron chi connectivity index (χ2n) is 7.77. The van der Waals surface area contributed by atoms with E-state index in [1.807, 2.05) is 6.92 Å². The summed E-state index contributed by atoms with van der Waals surface area (Å²) in [6, 6.07) is 6.19. The molecule has 0 fully saturated rings. The average Bonchev–Trinajstić information content (AvgIpc) is 2.56. The lowest BCUT2D eigenvalue weighted by molar-refractivity contribution is 0.191. The fourth-order valence-electron chi connectivity index (χ4n) is 2.88. The van der Waals surface area contributed by atoms with Gasteiger partial charge in [0.1, 0.15) is 15.6 Å². The van der Waals surface area contributed by atoms with Crippen LogP contribution in [0.3, 0.4) is 0 Å². The minimum absolute atomic E-state index is 0. The number of aliphatic imine (C=N–C) groups is 1. The van der Waals surface area contributed by atoms with E-state index < -0.39 is 9.84 Å². The summed E-state index contributed by atoms with van der Waals surface area (Å²) >= 11 is 0. The molecule has 0 heterocycles. The van der Waals surface area contributed by atoms with Gasteiger partial charge >= 0.3 is 0 Å². The van der Waals surface area contributed by atoms with Gasteiger partial charge in [-0.15, -0.1) is 24.0 Å². The van der Waals surface area contributed by atoms with Crippen LogP contribution >= 0.6 is 24.0 Å². The molecule has 0 aromatic heterocycles. The number of sulfone groups is 1. The third kappa shape index (κ3) is 13.0. The fourth-order valence-corrected chi connectivity index (χ4v) is 3.55. The molecule has 0 aliphatic heterocycles. The van der Waals surface area contributed by atoms with Gasteiger partial charge in [0.25, 0.3) is 0 Å². The van der Waals surface area contributed by atoms with Gasteiger partial charge in [0.15, 0.2) is 5.96 Å². The molecule has 0 amide bonds. The van der Waals surface area contributed by atoms with Crippen molar-refractivity contribution in [2.75, 3.05) is 25.1 Å². The topological polar surface area (TPSA) is 79.8 Å². The van der Waals surface area contributed by atoms with Crippen molar-refractivity contribution < 1.29 is 13.2 Å². The van der Waals surface area contributed by atoms with Gasteiger partial charge in [0.05, 0.1) is 18.4 Å². The Morgan fingerprint density at radius 2 is 1.90 bits per heavy atom. The van der Waals surface area contributed by atoms with Gasteiger partial charge < -0.3 is 15.4 Å². The smallest absolute Gasteiger partial charge is 0.191 e. The molecule has 1 aromatic carbocycles. The van der Waals surface area contributed by atoms with Crippen LogP contribution < -0.4 is 15.4 Å². The van der Waals surface area contributed by atoms with Crippen LogP contribution in [0.1, 0.15) is 51.7 Å². The molecule has 2 N–H and O–H groups in total. The van der Waals surface area contributed by atoms with Crippen LogP contribution in [0.15, 0.2) is 23.2 Å². The Balaban J connectivity index is 0.00000784. The van der Waals surface area contributed by atoms with E-state index in [9.17, 15) is 8.42 Å². The number of halogens is 1. The number of hydrogen-bond acceptors (Lipinski definition) is 4. The third-order valence-corrected chi connectivity index (χ3v) is 5.12. The summed E-state index contributed by atoms with van der Waals surface area (Å²) in [6.07, 6.45) is 2.95. The number of rotatable bonds is 11. The van der Waals surface area contributed by atoms with Crippen molar-refractivity contribution in [3.63, 3.8) is 0 Å². The first-order valence-electron chi connectivity index (χ1n) is 10.1. The van der Waals surface area contributed by atoms with E-state index in [0.29, 0.717) is 31.4 Å². The maximum atomic E-state index is 11.2. The maximum Gasteiger partial charge on any atom is 0.191 e. The molecule has 0 bridgehead atoms. The number of benzene rings is 1. The number of hydrogen-bond donors (Lipinski definition) is 2. The minimum Gasteiger partial charge on any atom is -0.490 e. The van der Waals surface area contributed by atoms with Crippen LogP contribution in [-0.4, -0.2) is 45.6 Å². The fraction of sp³-hybridized carbons (Fsp3) is 0.667. The lowest BCUT2D eigenvalue weighted by Crippen LogP contribution is -2.38. The number of nitrogens with zero attached hydrogens (tertiary/aromatic N) is 1. The first kappa shape index (κ1) is 28.0. The normalized spacial score (nSPS) is 13.0. The number of aryl methyl sites for hydroxylation is 1. The Kier molecular flexibility index (Phi) is 13.6. The van der Waals surface area contributed by atoms with Crippen molar-refractivity contribution in [1.29, 1.82) is 0 Å². The lowest BCUT2D eigenvalue weighted by Gasteiger charge is -2.19. The molecule has 0 aliphatic carbocycles. The van der Waals surface area contributed by atoms with Crippen LogP contribution in [0, 0.1) is 12.8 Å². The molecule has 1 rings (SSSR count). The summed E-state index contributed by atoms with van der Waals surface area (Å²) < 4.78 is 28.7. The third-order valence-electron chi connectivity index (χ3n) is 4.09. The van der Waals surface area contributed by atoms with Crippen LogP contribution in [0.5, 0.6) is 5.75 Å². The Labute approximate surface area is 194 Å². The number of ether oxygens (including phenoxy) is 1. The lowest BCUT2D eigenvalue weighted by atomic mass is 10.1. The molecule has 1 unspecified atom stereocenters. The van der Waals surface area contributed by atoms with Gasteiger partial charge in [-0.05, 0) is 51.2 Å². The minimum atomic E-state index is -2.94. The quantitative estimate of drug-likeness (QED) is 0.193. The Hall–Kier alpha value is -1.03. The maximum absolute atomic E-state index is 11.2.